The van der Waals surface area contributed by atoms with Gasteiger partial charge in [-0.3, -0.25) is 15.0 Å². The molecule has 0 aliphatic heterocycles. The zero-order chi connectivity index (χ0) is 21.7. The van der Waals surface area contributed by atoms with Crippen LogP contribution in [0.15, 0.2) is 42.5 Å². The van der Waals surface area contributed by atoms with Gasteiger partial charge >= 0.3 is 5.97 Å². The molecule has 1 amide bonds. The number of nitrogens with two attached hydrogens (primary N) is 1. The van der Waals surface area contributed by atoms with Crippen molar-refractivity contribution in [3.8, 4) is 11.4 Å². The van der Waals surface area contributed by atoms with Crippen LogP contribution in [0.2, 0.25) is 0 Å². The van der Waals surface area contributed by atoms with Crippen LogP contribution in [0.4, 0.5) is 0 Å². The van der Waals surface area contributed by atoms with E-state index in [1.807, 2.05) is 16.7 Å². The molecule has 0 bridgehead atoms. The van der Waals surface area contributed by atoms with Crippen molar-refractivity contribution in [2.24, 2.45) is 5.73 Å². The molecular weight excluding hydrogens is 386 g/mol. The Morgan fingerprint density at radius 2 is 1.90 bits per heavy atom. The van der Waals surface area contributed by atoms with Crippen molar-refractivity contribution in [1.82, 2.24) is 14.9 Å². The molecule has 0 fully saturated rings. The van der Waals surface area contributed by atoms with Crippen molar-refractivity contribution in [3.63, 3.8) is 0 Å². The lowest BCUT2D eigenvalue weighted by Crippen LogP contribution is -2.26. The van der Waals surface area contributed by atoms with Crippen LogP contribution in [-0.4, -0.2) is 52.6 Å². The van der Waals surface area contributed by atoms with Crippen molar-refractivity contribution in [3.05, 3.63) is 53.6 Å². The number of esters is 1. The Labute approximate surface area is 173 Å². The molecule has 0 radical (unpaired) electrons. The third-order valence-electron chi connectivity index (χ3n) is 4.63. The van der Waals surface area contributed by atoms with E-state index in [9.17, 15) is 14.7 Å². The highest BCUT2D eigenvalue weighted by molar-refractivity contribution is 5.98. The number of nitrogens with one attached hydrogen (secondary N) is 2. The van der Waals surface area contributed by atoms with Crippen LogP contribution in [-0.2, 0) is 16.1 Å². The molecule has 5 N–H and O–H groups in total. The summed E-state index contributed by atoms with van der Waals surface area (Å²) in [5, 5.41) is 19.7. The first kappa shape index (κ1) is 21.0. The molecule has 0 aliphatic carbocycles. The van der Waals surface area contributed by atoms with Gasteiger partial charge in [-0.15, -0.1) is 0 Å². The Hall–Kier alpha value is -3.72. The molecule has 2 aromatic carbocycles. The number of fused-ring (bicyclic) bond motifs is 1. The summed E-state index contributed by atoms with van der Waals surface area (Å²) in [6.45, 7) is 0.445. The van der Waals surface area contributed by atoms with Crippen LogP contribution >= 0.6 is 0 Å². The number of nitrogen functional groups attached to an aromatic ring is 1. The molecule has 3 aromatic rings. The number of amidine groups is 1. The van der Waals surface area contributed by atoms with Crippen molar-refractivity contribution < 1.29 is 19.4 Å². The molecule has 0 aliphatic rings. The van der Waals surface area contributed by atoms with Crippen LogP contribution in [0.1, 0.15) is 22.3 Å². The molecule has 0 saturated carbocycles. The number of aliphatic hydroxyl groups is 1. The smallest absolute Gasteiger partial charge is 0.307 e. The number of hydrogen-bond acceptors (Lipinski definition) is 6. The molecule has 9 heteroatoms. The third kappa shape index (κ3) is 4.47. The van der Waals surface area contributed by atoms with Gasteiger partial charge in [-0.25, -0.2) is 4.98 Å². The minimum atomic E-state index is -0.395. The number of hydrogen-bond donors (Lipinski definition) is 4. The number of amides is 1. The summed E-state index contributed by atoms with van der Waals surface area (Å²) in [5.74, 6) is -0.0931. The van der Waals surface area contributed by atoms with E-state index in [1.165, 1.54) is 7.11 Å². The predicted molar refractivity (Wildman–Crippen MR) is 112 cm³/mol. The minimum absolute atomic E-state index is 0.0201. The van der Waals surface area contributed by atoms with E-state index >= 15 is 0 Å². The van der Waals surface area contributed by atoms with Gasteiger partial charge in [0, 0.05) is 29.8 Å². The summed E-state index contributed by atoms with van der Waals surface area (Å²) in [4.78, 5) is 28.2. The summed E-state index contributed by atoms with van der Waals surface area (Å²) in [7, 11) is 1.30. The molecule has 1 aromatic heterocycles. The molecule has 30 heavy (non-hydrogen) atoms. The minimum Gasteiger partial charge on any atom is -0.469 e. The van der Waals surface area contributed by atoms with Gasteiger partial charge in [-0.05, 0) is 18.2 Å². The maximum Gasteiger partial charge on any atom is 0.307 e. The van der Waals surface area contributed by atoms with Gasteiger partial charge in [0.15, 0.2) is 0 Å². The second-order valence-corrected chi connectivity index (χ2v) is 6.59. The van der Waals surface area contributed by atoms with E-state index in [0.717, 1.165) is 11.1 Å². The van der Waals surface area contributed by atoms with Gasteiger partial charge < -0.3 is 25.5 Å². The van der Waals surface area contributed by atoms with E-state index < -0.39 is 5.97 Å². The zero-order valence-corrected chi connectivity index (χ0v) is 16.5. The first-order valence-electron chi connectivity index (χ1n) is 9.35. The number of benzene rings is 2. The second-order valence-electron chi connectivity index (χ2n) is 6.59. The van der Waals surface area contributed by atoms with Gasteiger partial charge in [0.25, 0.3) is 5.91 Å². The number of aromatic nitrogens is 2. The van der Waals surface area contributed by atoms with Crippen molar-refractivity contribution >= 4 is 28.7 Å². The van der Waals surface area contributed by atoms with Crippen molar-refractivity contribution in [1.29, 1.82) is 5.41 Å². The highest BCUT2D eigenvalue weighted by Crippen LogP contribution is 2.26. The zero-order valence-electron chi connectivity index (χ0n) is 16.5. The topological polar surface area (TPSA) is 143 Å². The highest BCUT2D eigenvalue weighted by Gasteiger charge is 2.15. The van der Waals surface area contributed by atoms with Crippen molar-refractivity contribution in [2.75, 3.05) is 20.3 Å². The van der Waals surface area contributed by atoms with Crippen LogP contribution < -0.4 is 11.1 Å². The van der Waals surface area contributed by atoms with Crippen LogP contribution in [0, 0.1) is 5.41 Å². The molecular formula is C21H23N5O4. The Balaban J connectivity index is 1.91. The lowest BCUT2D eigenvalue weighted by molar-refractivity contribution is -0.140. The monoisotopic (exact) mass is 409 g/mol. The van der Waals surface area contributed by atoms with E-state index in [-0.39, 0.29) is 31.3 Å². The van der Waals surface area contributed by atoms with E-state index in [4.69, 9.17) is 11.1 Å². The van der Waals surface area contributed by atoms with Crippen LogP contribution in [0.3, 0.4) is 0 Å². The molecule has 0 spiro atoms. The van der Waals surface area contributed by atoms with Gasteiger partial charge in [0.05, 0.1) is 31.2 Å². The quantitative estimate of drug-likeness (QED) is 0.251. The number of rotatable bonds is 8. The summed E-state index contributed by atoms with van der Waals surface area (Å²) in [6, 6.07) is 12.2. The number of carbonyl (C=O) groups excluding carboxylic acids is 2. The van der Waals surface area contributed by atoms with Crippen LogP contribution in [0.25, 0.3) is 22.4 Å². The van der Waals surface area contributed by atoms with E-state index in [0.29, 0.717) is 29.0 Å². The fourth-order valence-electron chi connectivity index (χ4n) is 3.10. The predicted octanol–water partition coefficient (Wildman–Crippen LogP) is 1.27. The fraction of sp³-hybridized carbons (Fsp3) is 0.238. The summed E-state index contributed by atoms with van der Waals surface area (Å²) in [6.07, 6.45) is 0.0933. The molecule has 3 rings (SSSR count). The SMILES string of the molecule is COC(=O)CCNC(=O)c1ccc2c(c1)nc(-c1ccc(C(=N)N)cc1)n2CCO. The maximum absolute atomic E-state index is 12.4. The summed E-state index contributed by atoms with van der Waals surface area (Å²) in [5.41, 5.74) is 8.72. The first-order valence-corrected chi connectivity index (χ1v) is 9.35. The Morgan fingerprint density at radius 1 is 1.20 bits per heavy atom. The molecule has 9 nitrogen and oxygen atoms in total. The normalized spacial score (nSPS) is 10.7. The van der Waals surface area contributed by atoms with Gasteiger partial charge in [0.1, 0.15) is 11.7 Å². The fourth-order valence-corrected chi connectivity index (χ4v) is 3.10. The molecule has 0 unspecified atom stereocenters. The summed E-state index contributed by atoms with van der Waals surface area (Å²) >= 11 is 0. The number of methoxy groups -OCH3 is 1. The Morgan fingerprint density at radius 3 is 2.53 bits per heavy atom. The third-order valence-corrected chi connectivity index (χ3v) is 4.63. The average Bonchev–Trinajstić information content (AvgIpc) is 3.11. The number of imidazole rings is 1. The molecule has 0 saturated heterocycles. The largest absolute Gasteiger partial charge is 0.469 e. The summed E-state index contributed by atoms with van der Waals surface area (Å²) < 4.78 is 6.43. The van der Waals surface area contributed by atoms with Gasteiger partial charge in [-0.1, -0.05) is 24.3 Å². The maximum atomic E-state index is 12.4. The highest BCUT2D eigenvalue weighted by atomic mass is 16.5. The Kier molecular flexibility index (Phi) is 6.43. The molecule has 1 heterocycles. The van der Waals surface area contributed by atoms with Crippen molar-refractivity contribution in [2.45, 2.75) is 13.0 Å². The number of carbonyl (C=O) groups is 2. The number of nitrogens with zero attached hydrogens (tertiary/aromatic N) is 2. The molecule has 0 atom stereocenters. The van der Waals surface area contributed by atoms with E-state index in [2.05, 4.69) is 15.0 Å². The lowest BCUT2D eigenvalue weighted by Gasteiger charge is -2.08. The lowest BCUT2D eigenvalue weighted by atomic mass is 10.1. The van der Waals surface area contributed by atoms with Crippen LogP contribution in [0.5, 0.6) is 0 Å². The molecule has 156 valence electrons. The standard InChI is InChI=1S/C21H23N5O4/c1-30-18(28)8-9-24-21(29)15-6-7-17-16(12-15)25-20(26(17)10-11-27)14-4-2-13(3-5-14)19(22)23/h2-7,12,27H,8-11H2,1H3,(H3,22,23)(H,24,29). The number of aliphatic hydroxyl groups excluding tert-OH is 1. The first-order chi connectivity index (χ1) is 14.4. The second kappa shape index (κ2) is 9.19. The number of ether oxygens (including phenoxy) is 1. The Bertz CT molecular complexity index is 1090. The van der Waals surface area contributed by atoms with Gasteiger partial charge in [0.2, 0.25) is 0 Å². The van der Waals surface area contributed by atoms with E-state index in [1.54, 1.807) is 30.3 Å². The van der Waals surface area contributed by atoms with Gasteiger partial charge in [-0.2, -0.15) is 0 Å². The average molecular weight is 409 g/mol.